The van der Waals surface area contributed by atoms with Gasteiger partial charge < -0.3 is 34.7 Å². The van der Waals surface area contributed by atoms with Gasteiger partial charge in [-0.25, -0.2) is 0 Å². The largest absolute Gasteiger partial charge is 0.379 e. The Bertz CT molecular complexity index is 967. The van der Waals surface area contributed by atoms with Gasteiger partial charge in [-0.2, -0.15) is 0 Å². The molecule has 0 saturated carbocycles. The van der Waals surface area contributed by atoms with Crippen molar-refractivity contribution in [1.82, 2.24) is 25.3 Å². The Balaban J connectivity index is 3.26. The van der Waals surface area contributed by atoms with E-state index in [1.54, 1.807) is 30.9 Å². The Morgan fingerprint density at radius 2 is 1.58 bits per heavy atom. The molecule has 1 rings (SSSR count). The Labute approximate surface area is 271 Å². The van der Waals surface area contributed by atoms with Crippen LogP contribution in [0.2, 0.25) is 0 Å². The van der Waals surface area contributed by atoms with Gasteiger partial charge in [-0.05, 0) is 44.7 Å². The average Bonchev–Trinajstić information content (AvgIpc) is 3.46. The van der Waals surface area contributed by atoms with E-state index in [0.29, 0.717) is 19.3 Å². The first-order valence-corrected chi connectivity index (χ1v) is 16.4. The predicted molar refractivity (Wildman–Crippen MR) is 174 cm³/mol. The quantitative estimate of drug-likeness (QED) is 0.205. The van der Waals surface area contributed by atoms with Gasteiger partial charge in [0.05, 0.1) is 49.2 Å². The van der Waals surface area contributed by atoms with Crippen LogP contribution in [0, 0.1) is 23.7 Å². The molecule has 1 heterocycles. The summed E-state index contributed by atoms with van der Waals surface area (Å²) in [4.78, 5) is 69.9. The molecule has 1 aliphatic heterocycles. The molecule has 4 amide bonds. The van der Waals surface area contributed by atoms with Crippen LogP contribution in [0.5, 0.6) is 0 Å². The molecule has 1 aliphatic rings. The van der Waals surface area contributed by atoms with Crippen molar-refractivity contribution in [2.45, 2.75) is 111 Å². The standard InChI is InChI=1S/C33H61N5O7/c1-13-22(6)29(37(10)33(43)27(20(2)3)35-32(42)28(21(4)5)36(8)9)25(44-11)19-26(40)38-17-14-15-24(38)30(45-12)23(7)31(41)34-16-18-39/h18,20-25,27-30H,13-17,19H2,1-12H3,(H,34,41)(H,35,42)/t22-,23+,24-,25+,27-,28-,29-,30+/m0/s1. The van der Waals surface area contributed by atoms with Gasteiger partial charge in [-0.1, -0.05) is 54.9 Å². The molecule has 2 N–H and O–H groups in total. The van der Waals surface area contributed by atoms with Gasteiger partial charge in [0.25, 0.3) is 0 Å². The Kier molecular flexibility index (Phi) is 17.2. The van der Waals surface area contributed by atoms with Crippen LogP contribution in [0.4, 0.5) is 0 Å². The van der Waals surface area contributed by atoms with Gasteiger partial charge in [0.15, 0.2) is 0 Å². The van der Waals surface area contributed by atoms with Gasteiger partial charge in [-0.3, -0.25) is 24.1 Å². The van der Waals surface area contributed by atoms with Crippen molar-refractivity contribution in [3.8, 4) is 0 Å². The molecule has 8 atom stereocenters. The number of nitrogens with zero attached hydrogens (tertiary/aromatic N) is 3. The van der Waals surface area contributed by atoms with Crippen molar-refractivity contribution < 1.29 is 33.4 Å². The van der Waals surface area contributed by atoms with E-state index >= 15 is 0 Å². The number of ether oxygens (including phenoxy) is 2. The number of likely N-dealkylation sites (N-methyl/N-ethyl adjacent to an activating group) is 2. The molecule has 0 aliphatic carbocycles. The van der Waals surface area contributed by atoms with Crippen LogP contribution < -0.4 is 10.6 Å². The third-order valence-corrected chi connectivity index (χ3v) is 9.31. The Morgan fingerprint density at radius 1 is 0.956 bits per heavy atom. The molecule has 0 aromatic heterocycles. The minimum atomic E-state index is -0.749. The lowest BCUT2D eigenvalue weighted by atomic mass is 9.89. The smallest absolute Gasteiger partial charge is 0.245 e. The fourth-order valence-electron chi connectivity index (χ4n) is 6.71. The van der Waals surface area contributed by atoms with Gasteiger partial charge in [0, 0.05) is 27.8 Å². The van der Waals surface area contributed by atoms with Crippen molar-refractivity contribution in [2.24, 2.45) is 23.7 Å². The summed E-state index contributed by atoms with van der Waals surface area (Å²) >= 11 is 0. The SMILES string of the molecule is CC[C@H](C)[C@@H]([C@@H](CC(=O)N1CCC[C@H]1[C@H](OC)[C@@H](C)C(=O)NCC=O)OC)N(C)C(=O)[C@@H](NC(=O)[C@H](C(C)C)N(C)C)C(C)C. The Hall–Kier alpha value is -2.57. The van der Waals surface area contributed by atoms with E-state index in [1.165, 1.54) is 7.11 Å². The maximum atomic E-state index is 14.1. The molecule has 260 valence electrons. The monoisotopic (exact) mass is 639 g/mol. The van der Waals surface area contributed by atoms with E-state index in [9.17, 15) is 24.0 Å². The van der Waals surface area contributed by atoms with E-state index in [0.717, 1.165) is 12.8 Å². The predicted octanol–water partition coefficient (Wildman–Crippen LogP) is 1.95. The second-order valence-electron chi connectivity index (χ2n) is 13.4. The number of likely N-dealkylation sites (tertiary alicyclic amines) is 1. The number of amides is 4. The summed E-state index contributed by atoms with van der Waals surface area (Å²) in [5.41, 5.74) is 0. The lowest BCUT2D eigenvalue weighted by Gasteiger charge is -2.41. The van der Waals surface area contributed by atoms with Crippen LogP contribution in [-0.4, -0.2) is 129 Å². The second-order valence-corrected chi connectivity index (χ2v) is 13.4. The minimum Gasteiger partial charge on any atom is -0.379 e. The van der Waals surface area contributed by atoms with Crippen molar-refractivity contribution in [1.29, 1.82) is 0 Å². The number of carbonyl (C=O) groups excluding carboxylic acids is 5. The van der Waals surface area contributed by atoms with Crippen molar-refractivity contribution in [3.63, 3.8) is 0 Å². The van der Waals surface area contributed by atoms with E-state index in [2.05, 4.69) is 10.6 Å². The summed E-state index contributed by atoms with van der Waals surface area (Å²) < 4.78 is 11.7. The summed E-state index contributed by atoms with van der Waals surface area (Å²) in [6.07, 6.45) is 1.70. The van der Waals surface area contributed by atoms with Crippen molar-refractivity contribution in [3.05, 3.63) is 0 Å². The number of methoxy groups -OCH3 is 2. The topological polar surface area (TPSA) is 138 Å². The third kappa shape index (κ3) is 10.7. The first-order chi connectivity index (χ1) is 21.1. The molecule has 0 radical (unpaired) electrons. The molecular weight excluding hydrogens is 578 g/mol. The Morgan fingerprint density at radius 3 is 2.04 bits per heavy atom. The number of aldehydes is 1. The summed E-state index contributed by atoms with van der Waals surface area (Å²) in [5, 5.41) is 5.60. The first kappa shape index (κ1) is 40.5. The van der Waals surface area contributed by atoms with Crippen molar-refractivity contribution in [2.75, 3.05) is 48.5 Å². The molecule has 45 heavy (non-hydrogen) atoms. The number of hydrogen-bond donors (Lipinski definition) is 2. The molecular formula is C33H61N5O7. The highest BCUT2D eigenvalue weighted by atomic mass is 16.5. The molecule has 1 saturated heterocycles. The third-order valence-electron chi connectivity index (χ3n) is 9.31. The number of hydrogen-bond acceptors (Lipinski definition) is 8. The van der Waals surface area contributed by atoms with E-state index < -0.39 is 30.2 Å². The minimum absolute atomic E-state index is 0.00645. The van der Waals surface area contributed by atoms with Crippen LogP contribution in [0.3, 0.4) is 0 Å². The van der Waals surface area contributed by atoms with Gasteiger partial charge in [-0.15, -0.1) is 0 Å². The van der Waals surface area contributed by atoms with Crippen LogP contribution in [0.1, 0.15) is 74.1 Å². The highest BCUT2D eigenvalue weighted by molar-refractivity contribution is 5.90. The van der Waals surface area contributed by atoms with E-state index in [-0.39, 0.29) is 66.4 Å². The molecule has 0 bridgehead atoms. The zero-order valence-corrected chi connectivity index (χ0v) is 29.8. The molecule has 0 spiro atoms. The van der Waals surface area contributed by atoms with Crippen LogP contribution in [0.15, 0.2) is 0 Å². The van der Waals surface area contributed by atoms with Crippen LogP contribution >= 0.6 is 0 Å². The molecule has 12 nitrogen and oxygen atoms in total. The fourth-order valence-corrected chi connectivity index (χ4v) is 6.71. The normalized spacial score (nSPS) is 19.9. The zero-order valence-electron chi connectivity index (χ0n) is 29.8. The lowest BCUT2D eigenvalue weighted by molar-refractivity contribution is -0.148. The zero-order chi connectivity index (χ0) is 34.6. The maximum Gasteiger partial charge on any atom is 0.245 e. The lowest BCUT2D eigenvalue weighted by Crippen LogP contribution is -2.59. The summed E-state index contributed by atoms with van der Waals surface area (Å²) in [5.74, 6) is -1.57. The summed E-state index contributed by atoms with van der Waals surface area (Å²) in [6.45, 7) is 14.0. The first-order valence-electron chi connectivity index (χ1n) is 16.4. The maximum absolute atomic E-state index is 14.1. The number of nitrogens with one attached hydrogen (secondary N) is 2. The van der Waals surface area contributed by atoms with Gasteiger partial charge in [0.1, 0.15) is 12.3 Å². The highest BCUT2D eigenvalue weighted by Gasteiger charge is 2.43. The molecule has 1 fully saturated rings. The second kappa shape index (κ2) is 19.2. The van der Waals surface area contributed by atoms with Crippen LogP contribution in [-0.2, 0) is 33.4 Å². The molecule has 0 aromatic rings. The van der Waals surface area contributed by atoms with E-state index in [1.807, 2.05) is 60.5 Å². The summed E-state index contributed by atoms with van der Waals surface area (Å²) in [7, 11) is 8.51. The average molecular weight is 640 g/mol. The van der Waals surface area contributed by atoms with Gasteiger partial charge >= 0.3 is 0 Å². The van der Waals surface area contributed by atoms with E-state index in [4.69, 9.17) is 9.47 Å². The van der Waals surface area contributed by atoms with Gasteiger partial charge in [0.2, 0.25) is 23.6 Å². The highest BCUT2D eigenvalue weighted by Crippen LogP contribution is 2.29. The van der Waals surface area contributed by atoms with Crippen molar-refractivity contribution >= 4 is 29.9 Å². The molecule has 0 aromatic carbocycles. The number of carbonyl (C=O) groups is 5. The number of rotatable bonds is 19. The van der Waals surface area contributed by atoms with Crippen LogP contribution in [0.25, 0.3) is 0 Å². The fraction of sp³-hybridized carbons (Fsp3) is 0.848. The molecule has 0 unspecified atom stereocenters. The molecule has 12 heteroatoms. The summed E-state index contributed by atoms with van der Waals surface area (Å²) in [6, 6.07) is -1.89.